The number of carbonyl (C=O) groups excluding carboxylic acids is 1. The van der Waals surface area contributed by atoms with Crippen molar-refractivity contribution in [2.24, 2.45) is 4.99 Å². The molecule has 0 saturated carbocycles. The van der Waals surface area contributed by atoms with Crippen LogP contribution in [0.2, 0.25) is 0 Å². The Balaban J connectivity index is 1.79. The quantitative estimate of drug-likeness (QED) is 0.763. The van der Waals surface area contributed by atoms with Crippen LogP contribution in [-0.2, 0) is 4.79 Å². The molecule has 1 amide bonds. The van der Waals surface area contributed by atoms with Crippen LogP contribution >= 0.6 is 11.8 Å². The van der Waals surface area contributed by atoms with E-state index in [0.717, 1.165) is 17.0 Å². The summed E-state index contributed by atoms with van der Waals surface area (Å²) in [6, 6.07) is 12.9. The minimum atomic E-state index is -0.180. The molecule has 1 heterocycles. The molecule has 27 heavy (non-hydrogen) atoms. The number of hydrogen-bond acceptors (Lipinski definition) is 6. The van der Waals surface area contributed by atoms with E-state index in [1.807, 2.05) is 49.4 Å². The van der Waals surface area contributed by atoms with Gasteiger partial charge in [0.2, 0.25) is 0 Å². The molecule has 0 aliphatic carbocycles. The largest absolute Gasteiger partial charge is 0.497 e. The maximum atomic E-state index is 12.2. The second-order valence-corrected chi connectivity index (χ2v) is 6.55. The van der Waals surface area contributed by atoms with Crippen molar-refractivity contribution in [1.29, 1.82) is 0 Å². The standard InChI is InChI=1S/C20H20N2O4S/c1-4-26-16-10-5-13(11-17(16)25-3)12-18-19(23)22-20(27-18)21-14-6-8-15(24-2)9-7-14/h5-12H,4H2,1-3H3,(H,21,22,23). The molecule has 1 aliphatic heterocycles. The molecule has 2 aromatic carbocycles. The number of thioether (sulfide) groups is 1. The molecule has 0 unspecified atom stereocenters. The van der Waals surface area contributed by atoms with Crippen LogP contribution in [0.5, 0.6) is 17.2 Å². The monoisotopic (exact) mass is 384 g/mol. The van der Waals surface area contributed by atoms with E-state index in [2.05, 4.69) is 10.3 Å². The molecule has 0 bridgehead atoms. The zero-order valence-electron chi connectivity index (χ0n) is 15.3. The van der Waals surface area contributed by atoms with Crippen molar-refractivity contribution in [2.45, 2.75) is 6.92 Å². The summed E-state index contributed by atoms with van der Waals surface area (Å²) in [5, 5.41) is 3.32. The van der Waals surface area contributed by atoms with Gasteiger partial charge in [-0.1, -0.05) is 6.07 Å². The van der Waals surface area contributed by atoms with E-state index in [1.165, 1.54) is 11.8 Å². The Hall–Kier alpha value is -2.93. The van der Waals surface area contributed by atoms with E-state index in [0.29, 0.717) is 28.2 Å². The molecule has 0 aromatic heterocycles. The van der Waals surface area contributed by atoms with Crippen LogP contribution in [-0.4, -0.2) is 31.9 Å². The van der Waals surface area contributed by atoms with Gasteiger partial charge in [0.05, 0.1) is 31.4 Å². The van der Waals surface area contributed by atoms with Crippen molar-refractivity contribution >= 4 is 34.6 Å². The number of ether oxygens (including phenoxy) is 3. The van der Waals surface area contributed by atoms with E-state index >= 15 is 0 Å². The average Bonchev–Trinajstić information content (AvgIpc) is 3.02. The van der Waals surface area contributed by atoms with Crippen LogP contribution in [0.15, 0.2) is 52.4 Å². The Labute approximate surface area is 162 Å². The van der Waals surface area contributed by atoms with E-state index in [1.54, 1.807) is 20.3 Å². The van der Waals surface area contributed by atoms with Gasteiger partial charge in [-0.15, -0.1) is 0 Å². The fourth-order valence-electron chi connectivity index (χ4n) is 2.45. The van der Waals surface area contributed by atoms with Gasteiger partial charge in [0.25, 0.3) is 5.91 Å². The first-order chi connectivity index (χ1) is 13.1. The number of hydrogen-bond donors (Lipinski definition) is 1. The summed E-state index contributed by atoms with van der Waals surface area (Å²) in [4.78, 5) is 17.3. The molecule has 3 rings (SSSR count). The highest BCUT2D eigenvalue weighted by atomic mass is 32.2. The van der Waals surface area contributed by atoms with E-state index < -0.39 is 0 Å². The SMILES string of the molecule is CCOc1ccc(C=C2SC(=Nc3ccc(OC)cc3)NC2=O)cc1OC. The van der Waals surface area contributed by atoms with Crippen molar-refractivity contribution in [3.05, 3.63) is 52.9 Å². The van der Waals surface area contributed by atoms with Gasteiger partial charge in [0.1, 0.15) is 5.75 Å². The number of amides is 1. The Morgan fingerprint density at radius 2 is 1.85 bits per heavy atom. The second-order valence-electron chi connectivity index (χ2n) is 5.52. The third-order valence-electron chi connectivity index (χ3n) is 3.74. The van der Waals surface area contributed by atoms with Crippen molar-refractivity contribution in [1.82, 2.24) is 5.32 Å². The van der Waals surface area contributed by atoms with Crippen LogP contribution in [0.25, 0.3) is 6.08 Å². The zero-order chi connectivity index (χ0) is 19.2. The predicted octanol–water partition coefficient (Wildman–Crippen LogP) is 3.99. The molecule has 2 aromatic rings. The van der Waals surface area contributed by atoms with Crippen molar-refractivity contribution in [2.75, 3.05) is 20.8 Å². The number of rotatable bonds is 6. The highest BCUT2D eigenvalue weighted by molar-refractivity contribution is 8.18. The lowest BCUT2D eigenvalue weighted by Gasteiger charge is -2.09. The normalized spacial score (nSPS) is 16.5. The highest BCUT2D eigenvalue weighted by Gasteiger charge is 2.24. The molecular weight excluding hydrogens is 364 g/mol. The average molecular weight is 384 g/mol. The van der Waals surface area contributed by atoms with Gasteiger partial charge in [-0.05, 0) is 66.7 Å². The maximum absolute atomic E-state index is 12.2. The van der Waals surface area contributed by atoms with Crippen molar-refractivity contribution in [3.63, 3.8) is 0 Å². The summed E-state index contributed by atoms with van der Waals surface area (Å²) in [7, 11) is 3.20. The summed E-state index contributed by atoms with van der Waals surface area (Å²) in [5.74, 6) is 1.88. The van der Waals surface area contributed by atoms with Crippen LogP contribution in [0.4, 0.5) is 5.69 Å². The lowest BCUT2D eigenvalue weighted by Crippen LogP contribution is -2.19. The molecule has 1 saturated heterocycles. The van der Waals surface area contributed by atoms with Gasteiger partial charge >= 0.3 is 0 Å². The lowest BCUT2D eigenvalue weighted by atomic mass is 10.2. The highest BCUT2D eigenvalue weighted by Crippen LogP contribution is 2.32. The topological polar surface area (TPSA) is 69.2 Å². The van der Waals surface area contributed by atoms with Gasteiger partial charge in [-0.3, -0.25) is 4.79 Å². The molecule has 0 radical (unpaired) electrons. The number of methoxy groups -OCH3 is 2. The Bertz CT molecular complexity index is 891. The number of nitrogens with one attached hydrogen (secondary N) is 1. The Morgan fingerprint density at radius 3 is 2.52 bits per heavy atom. The summed E-state index contributed by atoms with van der Waals surface area (Å²) in [6.07, 6.45) is 1.80. The van der Waals surface area contributed by atoms with Gasteiger partial charge < -0.3 is 19.5 Å². The minimum Gasteiger partial charge on any atom is -0.497 e. The predicted molar refractivity (Wildman–Crippen MR) is 108 cm³/mol. The fraction of sp³-hybridized carbons (Fsp3) is 0.200. The third-order valence-corrected chi connectivity index (χ3v) is 4.65. The maximum Gasteiger partial charge on any atom is 0.264 e. The smallest absolute Gasteiger partial charge is 0.264 e. The van der Waals surface area contributed by atoms with Crippen LogP contribution in [0.3, 0.4) is 0 Å². The molecule has 7 heteroatoms. The van der Waals surface area contributed by atoms with Crippen LogP contribution in [0.1, 0.15) is 12.5 Å². The first kappa shape index (κ1) is 18.8. The molecule has 0 atom stereocenters. The summed E-state index contributed by atoms with van der Waals surface area (Å²) >= 11 is 1.29. The Morgan fingerprint density at radius 1 is 1.07 bits per heavy atom. The molecular formula is C20H20N2O4S. The van der Waals surface area contributed by atoms with E-state index in [4.69, 9.17) is 14.2 Å². The summed E-state index contributed by atoms with van der Waals surface area (Å²) in [6.45, 7) is 2.47. The Kier molecular flexibility index (Phi) is 6.03. The number of carbonyl (C=O) groups is 1. The number of nitrogens with zero attached hydrogens (tertiary/aromatic N) is 1. The van der Waals surface area contributed by atoms with Gasteiger partial charge in [-0.25, -0.2) is 4.99 Å². The van der Waals surface area contributed by atoms with Crippen molar-refractivity contribution < 1.29 is 19.0 Å². The zero-order valence-corrected chi connectivity index (χ0v) is 16.1. The molecule has 1 aliphatic rings. The first-order valence-corrected chi connectivity index (χ1v) is 9.19. The van der Waals surface area contributed by atoms with Crippen LogP contribution in [0, 0.1) is 0 Å². The number of benzene rings is 2. The third kappa shape index (κ3) is 4.62. The number of amidine groups is 1. The molecule has 1 N–H and O–H groups in total. The first-order valence-electron chi connectivity index (χ1n) is 8.37. The van der Waals surface area contributed by atoms with Gasteiger partial charge in [-0.2, -0.15) is 0 Å². The second kappa shape index (κ2) is 8.64. The molecule has 6 nitrogen and oxygen atoms in total. The molecule has 1 fully saturated rings. The molecule has 0 spiro atoms. The van der Waals surface area contributed by atoms with Crippen molar-refractivity contribution in [3.8, 4) is 17.2 Å². The van der Waals surface area contributed by atoms with E-state index in [9.17, 15) is 4.79 Å². The van der Waals surface area contributed by atoms with Gasteiger partial charge in [0.15, 0.2) is 16.7 Å². The lowest BCUT2D eigenvalue weighted by molar-refractivity contribution is -0.115. The van der Waals surface area contributed by atoms with E-state index in [-0.39, 0.29) is 5.91 Å². The fourth-order valence-corrected chi connectivity index (χ4v) is 3.30. The number of aliphatic imine (C=N–C) groups is 1. The summed E-state index contributed by atoms with van der Waals surface area (Å²) < 4.78 is 16.0. The summed E-state index contributed by atoms with van der Waals surface area (Å²) in [5.41, 5.74) is 1.58. The minimum absolute atomic E-state index is 0.180. The van der Waals surface area contributed by atoms with Gasteiger partial charge in [0, 0.05) is 0 Å². The molecule has 140 valence electrons. The van der Waals surface area contributed by atoms with Crippen LogP contribution < -0.4 is 19.5 Å².